The van der Waals surface area contributed by atoms with Gasteiger partial charge in [-0.25, -0.2) is 8.42 Å². The first-order valence-corrected chi connectivity index (χ1v) is 11.6. The third kappa shape index (κ3) is 4.95. The van der Waals surface area contributed by atoms with Crippen molar-refractivity contribution in [1.82, 2.24) is 9.62 Å². The number of fused-ring (bicyclic) bond motifs is 1. The number of aryl methyl sites for hydroxylation is 1. The van der Waals surface area contributed by atoms with Crippen LogP contribution in [0.25, 0.3) is 6.08 Å². The average molecular weight is 413 g/mol. The highest BCUT2D eigenvalue weighted by Gasteiger charge is 2.22. The Morgan fingerprint density at radius 1 is 1.10 bits per heavy atom. The molecule has 0 bridgehead atoms. The van der Waals surface area contributed by atoms with Crippen molar-refractivity contribution in [2.24, 2.45) is 0 Å². The fraction of sp³-hybridized carbons (Fsp3) is 0.348. The standard InChI is InChI=1S/C23H28N2O3S/c1-3-25(4-2)29(27,28)20-15-12-18(13-16-20)14-17-23(26)24-22-11-7-9-19-8-5-6-10-21(19)22/h5-6,8,10,12-17,22H,3-4,7,9,11H2,1-2H3,(H,24,26)/b17-14+/t22-/m1/s1. The number of benzene rings is 2. The number of amides is 1. The lowest BCUT2D eigenvalue weighted by Gasteiger charge is -2.25. The van der Waals surface area contributed by atoms with Crippen molar-refractivity contribution in [1.29, 1.82) is 0 Å². The summed E-state index contributed by atoms with van der Waals surface area (Å²) in [5, 5.41) is 3.08. The zero-order valence-electron chi connectivity index (χ0n) is 17.0. The van der Waals surface area contributed by atoms with Gasteiger partial charge >= 0.3 is 0 Å². The Labute approximate surface area is 173 Å². The predicted molar refractivity (Wildman–Crippen MR) is 116 cm³/mol. The van der Waals surface area contributed by atoms with Crippen molar-refractivity contribution in [3.05, 3.63) is 71.3 Å². The summed E-state index contributed by atoms with van der Waals surface area (Å²) in [7, 11) is -3.47. The second kappa shape index (κ2) is 9.37. The molecule has 0 saturated carbocycles. The Kier molecular flexibility index (Phi) is 6.87. The van der Waals surface area contributed by atoms with Crippen molar-refractivity contribution >= 4 is 22.0 Å². The lowest BCUT2D eigenvalue weighted by Crippen LogP contribution is -2.30. The third-order valence-electron chi connectivity index (χ3n) is 5.34. The number of rotatable bonds is 7. The molecule has 1 aliphatic rings. The minimum Gasteiger partial charge on any atom is -0.346 e. The molecule has 29 heavy (non-hydrogen) atoms. The van der Waals surface area contributed by atoms with Gasteiger partial charge < -0.3 is 5.32 Å². The Morgan fingerprint density at radius 3 is 2.48 bits per heavy atom. The molecule has 1 amide bonds. The zero-order chi connectivity index (χ0) is 20.9. The molecule has 0 heterocycles. The highest BCUT2D eigenvalue weighted by molar-refractivity contribution is 7.89. The summed E-state index contributed by atoms with van der Waals surface area (Å²) in [5.41, 5.74) is 3.28. The van der Waals surface area contributed by atoms with E-state index >= 15 is 0 Å². The fourth-order valence-corrected chi connectivity index (χ4v) is 5.22. The van der Waals surface area contributed by atoms with Crippen LogP contribution in [0.5, 0.6) is 0 Å². The number of sulfonamides is 1. The number of nitrogens with zero attached hydrogens (tertiary/aromatic N) is 1. The Morgan fingerprint density at radius 2 is 1.79 bits per heavy atom. The summed E-state index contributed by atoms with van der Waals surface area (Å²) < 4.78 is 26.5. The molecule has 0 aliphatic heterocycles. The van der Waals surface area contributed by atoms with Crippen molar-refractivity contribution < 1.29 is 13.2 Å². The van der Waals surface area contributed by atoms with Crippen LogP contribution in [-0.4, -0.2) is 31.7 Å². The molecule has 1 atom stereocenters. The van der Waals surface area contributed by atoms with Crippen LogP contribution in [0.15, 0.2) is 59.5 Å². The van der Waals surface area contributed by atoms with Gasteiger partial charge in [0.05, 0.1) is 10.9 Å². The average Bonchev–Trinajstić information content (AvgIpc) is 2.73. The zero-order valence-corrected chi connectivity index (χ0v) is 17.8. The van der Waals surface area contributed by atoms with E-state index in [1.807, 2.05) is 26.0 Å². The quantitative estimate of drug-likeness (QED) is 0.701. The third-order valence-corrected chi connectivity index (χ3v) is 7.40. The molecule has 0 radical (unpaired) electrons. The molecule has 154 valence electrons. The van der Waals surface area contributed by atoms with Gasteiger partial charge in [0, 0.05) is 19.2 Å². The molecule has 0 unspecified atom stereocenters. The van der Waals surface area contributed by atoms with Crippen LogP contribution in [0.1, 0.15) is 49.4 Å². The van der Waals surface area contributed by atoms with E-state index in [4.69, 9.17) is 0 Å². The van der Waals surface area contributed by atoms with Gasteiger partial charge in [0.1, 0.15) is 0 Å². The van der Waals surface area contributed by atoms with Gasteiger partial charge in [-0.15, -0.1) is 0 Å². The monoisotopic (exact) mass is 412 g/mol. The molecule has 0 saturated heterocycles. The maximum absolute atomic E-state index is 12.5. The summed E-state index contributed by atoms with van der Waals surface area (Å²) in [4.78, 5) is 12.7. The molecule has 2 aromatic carbocycles. The summed E-state index contributed by atoms with van der Waals surface area (Å²) in [6.45, 7) is 4.51. The molecule has 1 N–H and O–H groups in total. The van der Waals surface area contributed by atoms with Crippen LogP contribution < -0.4 is 5.32 Å². The second-order valence-corrected chi connectivity index (χ2v) is 9.08. The van der Waals surface area contributed by atoms with Crippen molar-refractivity contribution in [3.63, 3.8) is 0 Å². The lowest BCUT2D eigenvalue weighted by molar-refractivity contribution is -0.117. The molecule has 0 fully saturated rings. The Hall–Kier alpha value is -2.44. The van der Waals surface area contributed by atoms with Crippen LogP contribution >= 0.6 is 0 Å². The minimum absolute atomic E-state index is 0.0405. The van der Waals surface area contributed by atoms with Crippen molar-refractivity contribution in [2.45, 2.75) is 44.0 Å². The maximum atomic E-state index is 12.5. The smallest absolute Gasteiger partial charge is 0.244 e. The maximum Gasteiger partial charge on any atom is 0.244 e. The van der Waals surface area contributed by atoms with E-state index in [0.29, 0.717) is 13.1 Å². The van der Waals surface area contributed by atoms with Gasteiger partial charge in [-0.2, -0.15) is 4.31 Å². The van der Waals surface area contributed by atoms with Gasteiger partial charge in [0.2, 0.25) is 15.9 Å². The van der Waals surface area contributed by atoms with Crippen molar-refractivity contribution in [2.75, 3.05) is 13.1 Å². The van der Waals surface area contributed by atoms with Crippen molar-refractivity contribution in [3.8, 4) is 0 Å². The van der Waals surface area contributed by atoms with Crippen LogP contribution in [0.3, 0.4) is 0 Å². The summed E-state index contributed by atoms with van der Waals surface area (Å²) >= 11 is 0. The number of nitrogens with one attached hydrogen (secondary N) is 1. The Bertz CT molecular complexity index is 977. The van der Waals surface area contributed by atoms with E-state index in [1.165, 1.54) is 21.5 Å². The molecule has 6 heteroatoms. The first-order chi connectivity index (χ1) is 14.0. The SMILES string of the molecule is CCN(CC)S(=O)(=O)c1ccc(/C=C/C(=O)N[C@@H]2CCCc3ccccc32)cc1. The highest BCUT2D eigenvalue weighted by Crippen LogP contribution is 2.29. The van der Waals surface area contributed by atoms with E-state index in [-0.39, 0.29) is 16.8 Å². The van der Waals surface area contributed by atoms with Gasteiger partial charge in [-0.05, 0) is 54.2 Å². The topological polar surface area (TPSA) is 66.5 Å². The number of carbonyl (C=O) groups is 1. The number of hydrogen-bond donors (Lipinski definition) is 1. The van der Waals surface area contributed by atoms with Gasteiger partial charge in [-0.3, -0.25) is 4.79 Å². The molecule has 0 spiro atoms. The molecule has 5 nitrogen and oxygen atoms in total. The lowest BCUT2D eigenvalue weighted by atomic mass is 9.88. The first-order valence-electron chi connectivity index (χ1n) is 10.1. The number of carbonyl (C=O) groups excluding carboxylic acids is 1. The summed E-state index contributed by atoms with van der Waals surface area (Å²) in [5.74, 6) is -0.147. The minimum atomic E-state index is -3.47. The molecular formula is C23H28N2O3S. The van der Waals surface area contributed by atoms with Crippen LogP contribution in [-0.2, 0) is 21.2 Å². The molecule has 1 aliphatic carbocycles. The van der Waals surface area contributed by atoms with E-state index in [2.05, 4.69) is 17.4 Å². The van der Waals surface area contributed by atoms with Gasteiger partial charge in [0.15, 0.2) is 0 Å². The van der Waals surface area contributed by atoms with Crippen LogP contribution in [0.4, 0.5) is 0 Å². The van der Waals surface area contributed by atoms with Gasteiger partial charge in [-0.1, -0.05) is 50.2 Å². The largest absolute Gasteiger partial charge is 0.346 e. The fourth-order valence-electron chi connectivity index (χ4n) is 3.76. The van der Waals surface area contributed by atoms with E-state index in [9.17, 15) is 13.2 Å². The number of hydrogen-bond acceptors (Lipinski definition) is 3. The summed E-state index contributed by atoms with van der Waals surface area (Å²) in [6, 6.07) is 14.9. The van der Waals surface area contributed by atoms with Crippen LogP contribution in [0.2, 0.25) is 0 Å². The van der Waals surface area contributed by atoms with Crippen LogP contribution in [0, 0.1) is 0 Å². The highest BCUT2D eigenvalue weighted by atomic mass is 32.2. The molecule has 3 rings (SSSR count). The normalized spacial score (nSPS) is 16.7. The van der Waals surface area contributed by atoms with E-state index in [1.54, 1.807) is 30.3 Å². The summed E-state index contributed by atoms with van der Waals surface area (Å²) in [6.07, 6.45) is 6.27. The van der Waals surface area contributed by atoms with E-state index < -0.39 is 10.0 Å². The van der Waals surface area contributed by atoms with E-state index in [0.717, 1.165) is 24.8 Å². The first kappa shape index (κ1) is 21.3. The predicted octanol–water partition coefficient (Wildman–Crippen LogP) is 3.92. The second-order valence-electron chi connectivity index (χ2n) is 7.14. The molecular weight excluding hydrogens is 384 g/mol. The molecule has 2 aromatic rings. The van der Waals surface area contributed by atoms with Gasteiger partial charge in [0.25, 0.3) is 0 Å². The Balaban J connectivity index is 1.66. The molecule has 0 aromatic heterocycles.